The fourth-order valence-corrected chi connectivity index (χ4v) is 2.82. The highest BCUT2D eigenvalue weighted by molar-refractivity contribution is 5.91. The van der Waals surface area contributed by atoms with Gasteiger partial charge >= 0.3 is 5.97 Å². The van der Waals surface area contributed by atoms with Crippen molar-refractivity contribution < 1.29 is 9.53 Å². The topological polar surface area (TPSA) is 26.3 Å². The Kier molecular flexibility index (Phi) is 4.99. The summed E-state index contributed by atoms with van der Waals surface area (Å²) in [5, 5.41) is 0. The molecule has 2 nitrogen and oxygen atoms in total. The standard InChI is InChI=1S/C23H22O2/c1-16-9-10-19(13-17(16)2)15-20-11-12-22(18(3)14-20)25-23(24)21-7-5-4-6-8-21/h4-14H,15H2,1-3H3. The molecule has 0 bridgehead atoms. The predicted octanol–water partition coefficient (Wildman–Crippen LogP) is 5.42. The molecule has 0 atom stereocenters. The van der Waals surface area contributed by atoms with Crippen LogP contribution in [0.25, 0.3) is 0 Å². The predicted molar refractivity (Wildman–Crippen MR) is 101 cm³/mol. The van der Waals surface area contributed by atoms with Gasteiger partial charge in [0.25, 0.3) is 0 Å². The van der Waals surface area contributed by atoms with E-state index in [2.05, 4.69) is 38.1 Å². The summed E-state index contributed by atoms with van der Waals surface area (Å²) in [5.41, 5.74) is 6.63. The molecule has 3 rings (SSSR count). The summed E-state index contributed by atoms with van der Waals surface area (Å²) in [6.45, 7) is 6.23. The van der Waals surface area contributed by atoms with Crippen LogP contribution in [0.3, 0.4) is 0 Å². The highest BCUT2D eigenvalue weighted by Crippen LogP contribution is 2.22. The van der Waals surface area contributed by atoms with E-state index in [0.717, 1.165) is 12.0 Å². The van der Waals surface area contributed by atoms with E-state index in [1.54, 1.807) is 12.1 Å². The van der Waals surface area contributed by atoms with E-state index < -0.39 is 0 Å². The Hall–Kier alpha value is -2.87. The molecule has 2 heteroatoms. The van der Waals surface area contributed by atoms with Crippen LogP contribution in [0.5, 0.6) is 5.75 Å². The molecule has 0 spiro atoms. The fourth-order valence-electron chi connectivity index (χ4n) is 2.82. The summed E-state index contributed by atoms with van der Waals surface area (Å²) < 4.78 is 5.53. The minimum atomic E-state index is -0.328. The number of aryl methyl sites for hydroxylation is 3. The molecule has 0 amide bonds. The number of esters is 1. The fraction of sp³-hybridized carbons (Fsp3) is 0.174. The average molecular weight is 330 g/mol. The summed E-state index contributed by atoms with van der Waals surface area (Å²) in [5.74, 6) is 0.281. The molecule has 0 aliphatic carbocycles. The van der Waals surface area contributed by atoms with Crippen LogP contribution in [0.2, 0.25) is 0 Å². The zero-order valence-corrected chi connectivity index (χ0v) is 14.9. The Morgan fingerprint density at radius 2 is 1.40 bits per heavy atom. The largest absolute Gasteiger partial charge is 0.423 e. The molecule has 0 radical (unpaired) electrons. The Labute approximate surface area is 149 Å². The average Bonchev–Trinajstić information content (AvgIpc) is 2.61. The van der Waals surface area contributed by atoms with Crippen molar-refractivity contribution in [2.24, 2.45) is 0 Å². The summed E-state index contributed by atoms with van der Waals surface area (Å²) >= 11 is 0. The number of benzene rings is 3. The van der Waals surface area contributed by atoms with Gasteiger partial charge in [-0.15, -0.1) is 0 Å². The normalized spacial score (nSPS) is 10.5. The van der Waals surface area contributed by atoms with Crippen molar-refractivity contribution >= 4 is 5.97 Å². The lowest BCUT2D eigenvalue weighted by Crippen LogP contribution is -2.09. The highest BCUT2D eigenvalue weighted by atomic mass is 16.5. The summed E-state index contributed by atoms with van der Waals surface area (Å²) in [6.07, 6.45) is 0.870. The van der Waals surface area contributed by atoms with Gasteiger partial charge in [0.05, 0.1) is 5.56 Å². The molecule has 0 unspecified atom stereocenters. The number of hydrogen-bond acceptors (Lipinski definition) is 2. The smallest absolute Gasteiger partial charge is 0.343 e. The number of carbonyl (C=O) groups is 1. The third-order valence-electron chi connectivity index (χ3n) is 4.43. The van der Waals surface area contributed by atoms with Gasteiger partial charge in [-0.05, 0) is 73.2 Å². The lowest BCUT2D eigenvalue weighted by Gasteiger charge is -2.10. The molecule has 0 fully saturated rings. The van der Waals surface area contributed by atoms with Gasteiger partial charge in [0.1, 0.15) is 5.75 Å². The van der Waals surface area contributed by atoms with Gasteiger partial charge in [0.15, 0.2) is 0 Å². The first-order valence-corrected chi connectivity index (χ1v) is 8.46. The maximum absolute atomic E-state index is 12.2. The molecular weight excluding hydrogens is 308 g/mol. The van der Waals surface area contributed by atoms with Gasteiger partial charge in [0.2, 0.25) is 0 Å². The van der Waals surface area contributed by atoms with Crippen LogP contribution in [0.4, 0.5) is 0 Å². The highest BCUT2D eigenvalue weighted by Gasteiger charge is 2.10. The Bertz CT molecular complexity index is 895. The lowest BCUT2D eigenvalue weighted by molar-refractivity contribution is 0.0733. The zero-order chi connectivity index (χ0) is 17.8. The van der Waals surface area contributed by atoms with Crippen molar-refractivity contribution in [1.29, 1.82) is 0 Å². The number of hydrogen-bond donors (Lipinski definition) is 0. The Morgan fingerprint density at radius 1 is 0.760 bits per heavy atom. The number of carbonyl (C=O) groups excluding carboxylic acids is 1. The zero-order valence-electron chi connectivity index (χ0n) is 14.9. The molecule has 25 heavy (non-hydrogen) atoms. The van der Waals surface area contributed by atoms with Gasteiger partial charge in [-0.1, -0.05) is 48.5 Å². The van der Waals surface area contributed by atoms with E-state index in [1.165, 1.54) is 22.3 Å². The van der Waals surface area contributed by atoms with Crippen molar-refractivity contribution in [1.82, 2.24) is 0 Å². The van der Waals surface area contributed by atoms with Crippen molar-refractivity contribution in [2.45, 2.75) is 27.2 Å². The van der Waals surface area contributed by atoms with Crippen LogP contribution in [0.15, 0.2) is 66.7 Å². The molecule has 0 aliphatic rings. The van der Waals surface area contributed by atoms with Gasteiger partial charge in [0, 0.05) is 0 Å². The van der Waals surface area contributed by atoms with E-state index in [4.69, 9.17) is 4.74 Å². The minimum Gasteiger partial charge on any atom is -0.423 e. The Balaban J connectivity index is 1.74. The molecule has 0 saturated carbocycles. The van der Waals surface area contributed by atoms with Crippen LogP contribution in [-0.4, -0.2) is 5.97 Å². The third-order valence-corrected chi connectivity index (χ3v) is 4.43. The first-order chi connectivity index (χ1) is 12.0. The second-order valence-corrected chi connectivity index (χ2v) is 6.45. The molecule has 0 saturated heterocycles. The summed E-state index contributed by atoms with van der Waals surface area (Å²) in [6, 6.07) is 21.6. The molecule has 0 N–H and O–H groups in total. The maximum Gasteiger partial charge on any atom is 0.343 e. The van der Waals surface area contributed by atoms with Gasteiger partial charge in [-0.3, -0.25) is 0 Å². The van der Waals surface area contributed by atoms with Crippen LogP contribution < -0.4 is 4.74 Å². The summed E-state index contributed by atoms with van der Waals surface area (Å²) in [4.78, 5) is 12.2. The van der Waals surface area contributed by atoms with Crippen LogP contribution in [0, 0.1) is 20.8 Å². The second-order valence-electron chi connectivity index (χ2n) is 6.45. The van der Waals surface area contributed by atoms with E-state index in [-0.39, 0.29) is 5.97 Å². The van der Waals surface area contributed by atoms with Crippen molar-refractivity contribution in [3.63, 3.8) is 0 Å². The minimum absolute atomic E-state index is 0.328. The molecular formula is C23H22O2. The van der Waals surface area contributed by atoms with Crippen molar-refractivity contribution in [2.75, 3.05) is 0 Å². The van der Waals surface area contributed by atoms with E-state index >= 15 is 0 Å². The first kappa shape index (κ1) is 17.0. The monoisotopic (exact) mass is 330 g/mol. The van der Waals surface area contributed by atoms with Gasteiger partial charge in [-0.25, -0.2) is 4.79 Å². The molecule has 3 aromatic rings. The van der Waals surface area contributed by atoms with Gasteiger partial charge < -0.3 is 4.74 Å². The molecule has 3 aromatic carbocycles. The van der Waals surface area contributed by atoms with Crippen molar-refractivity contribution in [3.8, 4) is 5.75 Å². The van der Waals surface area contributed by atoms with Crippen molar-refractivity contribution in [3.05, 3.63) is 100 Å². The number of rotatable bonds is 4. The quantitative estimate of drug-likeness (QED) is 0.471. The maximum atomic E-state index is 12.2. The second kappa shape index (κ2) is 7.35. The molecule has 0 heterocycles. The van der Waals surface area contributed by atoms with Gasteiger partial charge in [-0.2, -0.15) is 0 Å². The van der Waals surface area contributed by atoms with E-state index in [1.807, 2.05) is 37.3 Å². The molecule has 0 aliphatic heterocycles. The van der Waals surface area contributed by atoms with E-state index in [0.29, 0.717) is 11.3 Å². The SMILES string of the molecule is Cc1ccc(Cc2ccc(OC(=O)c3ccccc3)c(C)c2)cc1C. The number of ether oxygens (including phenoxy) is 1. The molecule has 0 aromatic heterocycles. The summed E-state index contributed by atoms with van der Waals surface area (Å²) in [7, 11) is 0. The lowest BCUT2D eigenvalue weighted by atomic mass is 9.99. The van der Waals surface area contributed by atoms with Crippen LogP contribution in [-0.2, 0) is 6.42 Å². The van der Waals surface area contributed by atoms with E-state index in [9.17, 15) is 4.79 Å². The first-order valence-electron chi connectivity index (χ1n) is 8.46. The van der Waals surface area contributed by atoms with Crippen LogP contribution >= 0.6 is 0 Å². The third kappa shape index (κ3) is 4.16. The molecule has 126 valence electrons. The Morgan fingerprint density at radius 3 is 2.04 bits per heavy atom. The van der Waals surface area contributed by atoms with Crippen LogP contribution in [0.1, 0.15) is 38.2 Å².